The van der Waals surface area contributed by atoms with Crippen LogP contribution in [0.5, 0.6) is 0 Å². The van der Waals surface area contributed by atoms with Crippen molar-refractivity contribution in [3.8, 4) is 0 Å². The zero-order valence-corrected chi connectivity index (χ0v) is 21.1. The molecule has 0 saturated carbocycles. The molecule has 5 rings (SSSR count). The summed E-state index contributed by atoms with van der Waals surface area (Å²) in [7, 11) is 0. The van der Waals surface area contributed by atoms with Gasteiger partial charge in [-0.05, 0) is 24.6 Å². The van der Waals surface area contributed by atoms with Crippen molar-refractivity contribution in [1.29, 1.82) is 0 Å². The first-order chi connectivity index (χ1) is 17.2. The van der Waals surface area contributed by atoms with Gasteiger partial charge >= 0.3 is 5.97 Å². The van der Waals surface area contributed by atoms with E-state index in [0.717, 1.165) is 15.8 Å². The van der Waals surface area contributed by atoms with Gasteiger partial charge in [-0.15, -0.1) is 16.9 Å². The molecule has 3 N–H and O–H groups in total. The molecule has 1 aromatic carbocycles. The number of carbonyl (C=O) groups is 2. The lowest BCUT2D eigenvalue weighted by Crippen LogP contribution is -2.63. The number of aromatic nitrogens is 3. The number of nitrogen functional groups attached to an aromatic ring is 1. The van der Waals surface area contributed by atoms with Gasteiger partial charge in [0, 0.05) is 34.0 Å². The number of rotatable bonds is 7. The first-order valence-electron chi connectivity index (χ1n) is 11.3. The van der Waals surface area contributed by atoms with Crippen LogP contribution in [0.4, 0.5) is 11.6 Å². The minimum atomic E-state index is -0.839. The molecule has 12 nitrogen and oxygen atoms in total. The molecule has 1 amide bonds. The molecule has 190 valence electrons. The van der Waals surface area contributed by atoms with Crippen LogP contribution in [0.1, 0.15) is 19.4 Å². The number of esters is 1. The van der Waals surface area contributed by atoms with Crippen molar-refractivity contribution < 1.29 is 24.4 Å². The van der Waals surface area contributed by atoms with E-state index in [1.165, 1.54) is 52.7 Å². The second-order valence-corrected chi connectivity index (χ2v) is 11.3. The van der Waals surface area contributed by atoms with E-state index in [1.54, 1.807) is 11.6 Å². The standard InChI is InChI=1S/C22H24N6O6S2/c1-10-16-15(11(2)29)19(30)27(16)17(20(31)34-8-12-3-5-13(6-4-12)28(32)33)18(10)36-14-7-26-22(35-9-14)24-21(23)25-26/h3-6,10-11,14-16,29H,7-9H2,1-2H3,(H2,23,25)/t10-,11-,14+,15-,16-/m1/s1. The third-order valence-electron chi connectivity index (χ3n) is 6.54. The number of nitro groups is 1. The van der Waals surface area contributed by atoms with Crippen LogP contribution in [-0.2, 0) is 27.5 Å². The lowest BCUT2D eigenvalue weighted by atomic mass is 9.79. The zero-order valence-electron chi connectivity index (χ0n) is 19.4. The highest BCUT2D eigenvalue weighted by atomic mass is 32.2. The van der Waals surface area contributed by atoms with Gasteiger partial charge in [-0.2, -0.15) is 4.98 Å². The maximum Gasteiger partial charge on any atom is 0.356 e. The molecule has 0 aliphatic carbocycles. The molecule has 0 radical (unpaired) electrons. The Hall–Kier alpha value is -3.10. The predicted octanol–water partition coefficient (Wildman–Crippen LogP) is 1.79. The average molecular weight is 533 g/mol. The van der Waals surface area contributed by atoms with Gasteiger partial charge < -0.3 is 20.5 Å². The number of hydrogen-bond acceptors (Lipinski definition) is 11. The van der Waals surface area contributed by atoms with Gasteiger partial charge in [0.25, 0.3) is 5.69 Å². The summed E-state index contributed by atoms with van der Waals surface area (Å²) in [5.74, 6) is -0.760. The molecule has 14 heteroatoms. The highest BCUT2D eigenvalue weighted by molar-refractivity contribution is 8.05. The number of anilines is 1. The molecule has 3 aliphatic heterocycles. The fraction of sp³-hybridized carbons (Fsp3) is 0.455. The summed E-state index contributed by atoms with van der Waals surface area (Å²) >= 11 is 3.04. The van der Waals surface area contributed by atoms with E-state index in [1.807, 2.05) is 6.92 Å². The molecule has 1 saturated heterocycles. The Labute approximate surface area is 214 Å². The predicted molar refractivity (Wildman–Crippen MR) is 131 cm³/mol. The monoisotopic (exact) mass is 532 g/mol. The van der Waals surface area contributed by atoms with Crippen molar-refractivity contribution in [3.63, 3.8) is 0 Å². The van der Waals surface area contributed by atoms with E-state index >= 15 is 0 Å². The first-order valence-corrected chi connectivity index (χ1v) is 13.2. The molecule has 3 aliphatic rings. The molecule has 5 atom stereocenters. The van der Waals surface area contributed by atoms with E-state index in [4.69, 9.17) is 10.5 Å². The second kappa shape index (κ2) is 9.41. The number of hydrogen-bond donors (Lipinski definition) is 2. The van der Waals surface area contributed by atoms with Crippen LogP contribution in [0, 0.1) is 22.0 Å². The summed E-state index contributed by atoms with van der Waals surface area (Å²) in [5.41, 5.74) is 6.46. The maximum absolute atomic E-state index is 13.3. The number of aliphatic hydroxyl groups is 1. The zero-order chi connectivity index (χ0) is 25.7. The molecule has 0 unspecified atom stereocenters. The summed E-state index contributed by atoms with van der Waals surface area (Å²) in [6, 6.07) is 5.41. The smallest absolute Gasteiger partial charge is 0.356 e. The fourth-order valence-corrected chi connectivity index (χ4v) is 7.40. The van der Waals surface area contributed by atoms with Crippen LogP contribution in [0.3, 0.4) is 0 Å². The van der Waals surface area contributed by atoms with Crippen LogP contribution in [0.2, 0.25) is 0 Å². The number of carbonyl (C=O) groups excluding carboxylic acids is 2. The van der Waals surface area contributed by atoms with E-state index in [2.05, 4.69) is 10.1 Å². The number of nitrogens with two attached hydrogens (primary N) is 1. The van der Waals surface area contributed by atoms with Crippen molar-refractivity contribution in [2.45, 2.75) is 49.6 Å². The van der Waals surface area contributed by atoms with Crippen molar-refractivity contribution in [2.75, 3.05) is 11.5 Å². The number of aliphatic hydroxyl groups excluding tert-OH is 1. The molecule has 1 fully saturated rings. The highest BCUT2D eigenvalue weighted by Gasteiger charge is 2.60. The fourth-order valence-electron chi connectivity index (χ4n) is 4.83. The van der Waals surface area contributed by atoms with E-state index in [0.29, 0.717) is 12.1 Å². The lowest BCUT2D eigenvalue weighted by Gasteiger charge is -2.46. The number of amides is 1. The number of fused-ring (bicyclic) bond motifs is 2. The molecule has 2 aromatic rings. The number of β-lactam (4-membered cyclic amide) rings is 1. The molecule has 1 aromatic heterocycles. The minimum absolute atomic E-state index is 0.0531. The summed E-state index contributed by atoms with van der Waals surface area (Å²) < 4.78 is 7.29. The van der Waals surface area contributed by atoms with Gasteiger partial charge in [0.15, 0.2) is 5.16 Å². The Kier molecular flexibility index (Phi) is 6.43. The van der Waals surface area contributed by atoms with Crippen LogP contribution in [-0.4, -0.2) is 64.7 Å². The highest BCUT2D eigenvalue weighted by Crippen LogP contribution is 2.52. The Bertz CT molecular complexity index is 1260. The normalized spacial score (nSPS) is 25.8. The summed E-state index contributed by atoms with van der Waals surface area (Å²) in [6.45, 7) is 3.99. The average Bonchev–Trinajstić information content (AvgIpc) is 3.32. The lowest BCUT2D eigenvalue weighted by molar-refractivity contribution is -0.384. The van der Waals surface area contributed by atoms with Gasteiger partial charge in [0.05, 0.1) is 29.5 Å². The molecule has 0 bridgehead atoms. The van der Waals surface area contributed by atoms with Gasteiger partial charge in [-0.1, -0.05) is 18.7 Å². The van der Waals surface area contributed by atoms with Crippen LogP contribution in [0.25, 0.3) is 0 Å². The number of benzene rings is 1. The molecular formula is C22H24N6O6S2. The third kappa shape index (κ3) is 4.22. The molecular weight excluding hydrogens is 508 g/mol. The van der Waals surface area contributed by atoms with Gasteiger partial charge in [0.1, 0.15) is 12.3 Å². The van der Waals surface area contributed by atoms with E-state index < -0.39 is 22.9 Å². The van der Waals surface area contributed by atoms with E-state index in [-0.39, 0.29) is 47.1 Å². The van der Waals surface area contributed by atoms with Gasteiger partial charge in [0.2, 0.25) is 11.9 Å². The Morgan fingerprint density at radius 2 is 2.14 bits per heavy atom. The Balaban J connectivity index is 1.38. The summed E-state index contributed by atoms with van der Waals surface area (Å²) in [4.78, 5) is 43.0. The third-order valence-corrected chi connectivity index (χ3v) is 9.35. The number of thioether (sulfide) groups is 2. The Morgan fingerprint density at radius 3 is 2.81 bits per heavy atom. The van der Waals surface area contributed by atoms with Crippen molar-refractivity contribution in [2.24, 2.45) is 11.8 Å². The summed E-state index contributed by atoms with van der Waals surface area (Å²) in [5, 5.41) is 26.1. The van der Waals surface area contributed by atoms with Crippen molar-refractivity contribution >= 4 is 47.0 Å². The SMILES string of the molecule is C[C@@H](O)[C@H]1C(=O)N2C(C(=O)OCc3ccc([N+](=O)[O-])cc3)=C(S[C@@H]3CSc4nc(N)nn4C3)[C@H](C)[C@H]12. The molecule has 0 spiro atoms. The topological polar surface area (TPSA) is 167 Å². The van der Waals surface area contributed by atoms with Gasteiger partial charge in [-0.3, -0.25) is 14.9 Å². The summed E-state index contributed by atoms with van der Waals surface area (Å²) in [6.07, 6.45) is -0.839. The second-order valence-electron chi connectivity index (χ2n) is 8.95. The van der Waals surface area contributed by atoms with Crippen LogP contribution >= 0.6 is 23.5 Å². The number of non-ortho nitro benzene ring substituents is 1. The van der Waals surface area contributed by atoms with Crippen molar-refractivity contribution in [1.82, 2.24) is 19.7 Å². The van der Waals surface area contributed by atoms with E-state index in [9.17, 15) is 24.8 Å². The molecule has 4 heterocycles. The van der Waals surface area contributed by atoms with Crippen molar-refractivity contribution in [3.05, 3.63) is 50.5 Å². The number of nitro benzene ring substituents is 1. The first kappa shape index (κ1) is 24.6. The van der Waals surface area contributed by atoms with Crippen LogP contribution < -0.4 is 5.73 Å². The largest absolute Gasteiger partial charge is 0.456 e. The quantitative estimate of drug-likeness (QED) is 0.231. The molecule has 36 heavy (non-hydrogen) atoms. The Morgan fingerprint density at radius 1 is 1.42 bits per heavy atom. The minimum Gasteiger partial charge on any atom is -0.456 e. The number of ether oxygens (including phenoxy) is 1. The van der Waals surface area contributed by atoms with Crippen LogP contribution in [0.15, 0.2) is 40.0 Å². The number of nitrogens with zero attached hydrogens (tertiary/aromatic N) is 5. The maximum atomic E-state index is 13.3. The van der Waals surface area contributed by atoms with Gasteiger partial charge in [-0.25, -0.2) is 9.48 Å².